The second-order valence-corrected chi connectivity index (χ2v) is 9.15. The minimum atomic E-state index is -0.140. The molecule has 1 saturated carbocycles. The van der Waals surface area contributed by atoms with Gasteiger partial charge in [0.05, 0.1) is 10.6 Å². The van der Waals surface area contributed by atoms with Crippen LogP contribution >= 0.6 is 22.7 Å². The number of rotatable bonds is 7. The first-order valence-electron chi connectivity index (χ1n) is 9.48. The van der Waals surface area contributed by atoms with E-state index in [4.69, 9.17) is 4.98 Å². The van der Waals surface area contributed by atoms with E-state index in [0.717, 1.165) is 45.1 Å². The molecule has 1 aliphatic carbocycles. The second-order valence-electron chi connectivity index (χ2n) is 7.09. The Morgan fingerprint density at radius 2 is 1.96 bits per heavy atom. The van der Waals surface area contributed by atoms with Gasteiger partial charge in [-0.1, -0.05) is 31.1 Å². The number of nitrogens with one attached hydrogen (secondary N) is 1. The van der Waals surface area contributed by atoms with E-state index in [1.54, 1.807) is 0 Å². The number of aryl methyl sites for hydroxylation is 3. The number of carbonyl (C=O) groups excluding carboxylic acids is 1. The standard InChI is InChI=1S/C19H23N5OS2/c1-4-5-6-7-13-23-24-19(26-13)22-17(25)15-10(2)14-11(3)20-16(12-8-9-12)21-18(14)27-15/h12H,4-9H2,1-3H3,(H,22,24,25). The Balaban J connectivity index is 1.54. The van der Waals surface area contributed by atoms with Crippen LogP contribution in [0.25, 0.3) is 10.2 Å². The van der Waals surface area contributed by atoms with Crippen molar-refractivity contribution in [2.45, 2.75) is 65.2 Å². The second kappa shape index (κ2) is 7.59. The fourth-order valence-electron chi connectivity index (χ4n) is 3.19. The van der Waals surface area contributed by atoms with Crippen LogP contribution in [-0.2, 0) is 6.42 Å². The number of thiophene rings is 1. The van der Waals surface area contributed by atoms with Crippen molar-refractivity contribution in [2.75, 3.05) is 5.32 Å². The minimum Gasteiger partial charge on any atom is -0.296 e. The van der Waals surface area contributed by atoms with Crippen molar-refractivity contribution < 1.29 is 4.79 Å². The summed E-state index contributed by atoms with van der Waals surface area (Å²) in [6.45, 7) is 6.15. The summed E-state index contributed by atoms with van der Waals surface area (Å²) in [6, 6.07) is 0. The van der Waals surface area contributed by atoms with E-state index in [0.29, 0.717) is 15.9 Å². The monoisotopic (exact) mass is 401 g/mol. The van der Waals surface area contributed by atoms with Gasteiger partial charge in [-0.2, -0.15) is 0 Å². The number of anilines is 1. The predicted octanol–water partition coefficient (Wildman–Crippen LogP) is 5.02. The maximum Gasteiger partial charge on any atom is 0.267 e. The van der Waals surface area contributed by atoms with Crippen LogP contribution in [0.1, 0.15) is 76.7 Å². The lowest BCUT2D eigenvalue weighted by Gasteiger charge is -2.02. The highest BCUT2D eigenvalue weighted by molar-refractivity contribution is 7.21. The minimum absolute atomic E-state index is 0.140. The molecule has 0 spiro atoms. The Morgan fingerprint density at radius 3 is 2.70 bits per heavy atom. The fourth-order valence-corrected chi connectivity index (χ4v) is 5.10. The number of unbranched alkanes of at least 4 members (excludes halogenated alkanes) is 2. The SMILES string of the molecule is CCCCCc1nnc(NC(=O)c2sc3nc(C4CC4)nc(C)c3c2C)s1. The number of hydrogen-bond acceptors (Lipinski definition) is 7. The van der Waals surface area contributed by atoms with E-state index in [1.165, 1.54) is 48.4 Å². The lowest BCUT2D eigenvalue weighted by molar-refractivity contribution is 0.103. The average Bonchev–Trinajstić information content (AvgIpc) is 3.31. The molecule has 0 aromatic carbocycles. The van der Waals surface area contributed by atoms with Crippen LogP contribution in [0, 0.1) is 13.8 Å². The van der Waals surface area contributed by atoms with Crippen LogP contribution in [0.5, 0.6) is 0 Å². The summed E-state index contributed by atoms with van der Waals surface area (Å²) in [5.74, 6) is 1.29. The van der Waals surface area contributed by atoms with E-state index < -0.39 is 0 Å². The molecule has 0 saturated heterocycles. The van der Waals surface area contributed by atoms with Crippen LogP contribution in [-0.4, -0.2) is 26.1 Å². The zero-order valence-corrected chi connectivity index (χ0v) is 17.5. The molecule has 1 aliphatic rings. The number of carbonyl (C=O) groups is 1. The lowest BCUT2D eigenvalue weighted by atomic mass is 10.1. The van der Waals surface area contributed by atoms with Crippen LogP contribution in [0.3, 0.4) is 0 Å². The number of nitrogens with zero attached hydrogens (tertiary/aromatic N) is 4. The molecule has 3 aromatic heterocycles. The molecule has 1 fully saturated rings. The van der Waals surface area contributed by atoms with Crippen molar-refractivity contribution in [1.82, 2.24) is 20.2 Å². The van der Waals surface area contributed by atoms with Gasteiger partial charge in [-0.15, -0.1) is 21.5 Å². The van der Waals surface area contributed by atoms with Gasteiger partial charge in [0.15, 0.2) is 0 Å². The first-order valence-corrected chi connectivity index (χ1v) is 11.1. The molecular weight excluding hydrogens is 378 g/mol. The maximum atomic E-state index is 12.8. The summed E-state index contributed by atoms with van der Waals surface area (Å²) in [4.78, 5) is 23.8. The molecule has 1 amide bonds. The van der Waals surface area contributed by atoms with Gasteiger partial charge in [0.2, 0.25) is 5.13 Å². The third-order valence-corrected chi connectivity index (χ3v) is 6.90. The van der Waals surface area contributed by atoms with Crippen molar-refractivity contribution >= 4 is 43.9 Å². The van der Waals surface area contributed by atoms with Crippen molar-refractivity contribution in [3.63, 3.8) is 0 Å². The summed E-state index contributed by atoms with van der Waals surface area (Å²) < 4.78 is 0. The molecular formula is C19H23N5OS2. The van der Waals surface area contributed by atoms with Crippen LogP contribution in [0.4, 0.5) is 5.13 Å². The Bertz CT molecular complexity index is 990. The zero-order chi connectivity index (χ0) is 19.0. The lowest BCUT2D eigenvalue weighted by Crippen LogP contribution is -2.11. The van der Waals surface area contributed by atoms with Crippen LogP contribution in [0.2, 0.25) is 0 Å². The average molecular weight is 402 g/mol. The maximum absolute atomic E-state index is 12.8. The van der Waals surface area contributed by atoms with E-state index in [9.17, 15) is 4.79 Å². The van der Waals surface area contributed by atoms with E-state index >= 15 is 0 Å². The van der Waals surface area contributed by atoms with Gasteiger partial charge in [0.1, 0.15) is 15.7 Å². The van der Waals surface area contributed by atoms with Crippen molar-refractivity contribution in [3.8, 4) is 0 Å². The van der Waals surface area contributed by atoms with Crippen LogP contribution < -0.4 is 5.32 Å². The highest BCUT2D eigenvalue weighted by Crippen LogP contribution is 2.40. The Morgan fingerprint density at radius 1 is 1.15 bits per heavy atom. The fraction of sp³-hybridized carbons (Fsp3) is 0.526. The molecule has 8 heteroatoms. The molecule has 0 radical (unpaired) electrons. The normalized spacial score (nSPS) is 14.0. The highest BCUT2D eigenvalue weighted by Gasteiger charge is 2.28. The highest BCUT2D eigenvalue weighted by atomic mass is 32.1. The molecule has 3 heterocycles. The molecule has 4 rings (SSSR count). The molecule has 3 aromatic rings. The van der Waals surface area contributed by atoms with E-state index in [1.807, 2.05) is 13.8 Å². The third-order valence-electron chi connectivity index (χ3n) is 4.82. The van der Waals surface area contributed by atoms with Crippen LogP contribution in [0.15, 0.2) is 0 Å². The quantitative estimate of drug-likeness (QED) is 0.562. The molecule has 1 N–H and O–H groups in total. The van der Waals surface area contributed by atoms with Gasteiger partial charge >= 0.3 is 0 Å². The summed E-state index contributed by atoms with van der Waals surface area (Å²) in [7, 11) is 0. The first kappa shape index (κ1) is 18.4. The molecule has 27 heavy (non-hydrogen) atoms. The summed E-state index contributed by atoms with van der Waals surface area (Å²) in [5.41, 5.74) is 1.91. The smallest absolute Gasteiger partial charge is 0.267 e. The molecule has 142 valence electrons. The predicted molar refractivity (Wildman–Crippen MR) is 110 cm³/mol. The van der Waals surface area contributed by atoms with E-state index in [2.05, 4.69) is 27.4 Å². The summed E-state index contributed by atoms with van der Waals surface area (Å²) >= 11 is 2.90. The van der Waals surface area contributed by atoms with Gasteiger partial charge in [-0.25, -0.2) is 9.97 Å². The summed E-state index contributed by atoms with van der Waals surface area (Å²) in [6.07, 6.45) is 6.72. The number of fused-ring (bicyclic) bond motifs is 1. The van der Waals surface area contributed by atoms with Gasteiger partial charge < -0.3 is 0 Å². The molecule has 0 bridgehead atoms. The number of aromatic nitrogens is 4. The van der Waals surface area contributed by atoms with Crippen molar-refractivity contribution in [2.24, 2.45) is 0 Å². The van der Waals surface area contributed by atoms with Gasteiger partial charge in [0.25, 0.3) is 5.91 Å². The van der Waals surface area contributed by atoms with Crippen molar-refractivity contribution in [1.29, 1.82) is 0 Å². The summed E-state index contributed by atoms with van der Waals surface area (Å²) in [5, 5.41) is 13.8. The zero-order valence-electron chi connectivity index (χ0n) is 15.8. The van der Waals surface area contributed by atoms with E-state index in [-0.39, 0.29) is 5.91 Å². The number of amides is 1. The Labute approximate surface area is 166 Å². The topological polar surface area (TPSA) is 80.7 Å². The molecule has 0 aliphatic heterocycles. The molecule has 0 atom stereocenters. The van der Waals surface area contributed by atoms with Crippen molar-refractivity contribution in [3.05, 3.63) is 27.0 Å². The molecule has 0 unspecified atom stereocenters. The van der Waals surface area contributed by atoms with Gasteiger partial charge in [-0.05, 0) is 38.7 Å². The molecule has 6 nitrogen and oxygen atoms in total. The van der Waals surface area contributed by atoms with Gasteiger partial charge in [-0.3, -0.25) is 10.1 Å². The number of hydrogen-bond donors (Lipinski definition) is 1. The largest absolute Gasteiger partial charge is 0.296 e. The Kier molecular flexibility index (Phi) is 5.19. The first-order chi connectivity index (χ1) is 13.1. The van der Waals surface area contributed by atoms with Gasteiger partial charge in [0, 0.05) is 17.7 Å². The third kappa shape index (κ3) is 3.87. The Hall–Kier alpha value is -1.93.